The van der Waals surface area contributed by atoms with Crippen LogP contribution in [0.5, 0.6) is 0 Å². The highest BCUT2D eigenvalue weighted by molar-refractivity contribution is 7.86. The van der Waals surface area contributed by atoms with Crippen molar-refractivity contribution < 1.29 is 25.9 Å². The molecule has 0 atom stereocenters. The number of thiazole rings is 2. The van der Waals surface area contributed by atoms with Gasteiger partial charge < -0.3 is 0 Å². The van der Waals surface area contributed by atoms with Crippen molar-refractivity contribution in [3.8, 4) is 21.1 Å². The van der Waals surface area contributed by atoms with Gasteiger partial charge in [-0.3, -0.25) is 9.11 Å². The van der Waals surface area contributed by atoms with E-state index in [2.05, 4.69) is 13.8 Å². The van der Waals surface area contributed by atoms with E-state index in [1.165, 1.54) is 34.8 Å². The Bertz CT molecular complexity index is 1920. The smallest absolute Gasteiger partial charge is 0.282 e. The molecule has 0 spiro atoms. The largest absolute Gasteiger partial charge is 0.294 e. The van der Waals surface area contributed by atoms with E-state index in [4.69, 9.17) is 9.97 Å². The third-order valence-corrected chi connectivity index (χ3v) is 10.6. The maximum absolute atomic E-state index is 12.1. The van der Waals surface area contributed by atoms with E-state index < -0.39 is 20.2 Å². The van der Waals surface area contributed by atoms with E-state index in [0.29, 0.717) is 55.6 Å². The molecule has 0 fully saturated rings. The Morgan fingerprint density at radius 3 is 1.70 bits per heavy atom. The zero-order valence-corrected chi connectivity index (χ0v) is 25.5. The fraction of sp³-hybridized carbons (Fsp3) is 0.286. The first kappa shape index (κ1) is 28.8. The number of aromatic nitrogens is 2. The lowest BCUT2D eigenvalue weighted by molar-refractivity contribution is 0.479. The Balaban J connectivity index is 1.54. The van der Waals surface area contributed by atoms with E-state index in [1.54, 1.807) is 18.2 Å². The van der Waals surface area contributed by atoms with E-state index >= 15 is 0 Å². The Labute approximate surface area is 241 Å². The average molecular weight is 617 g/mol. The lowest BCUT2D eigenvalue weighted by Crippen LogP contribution is -2.05. The SMILES string of the molecule is CC(C)CCc1ccc(-c2nc3cc4sc(-c5ccc(C(C)C)c(S(=O)(=O)O)c5)nc4cc3s2)cc1S(=O)(=O)O. The van der Waals surface area contributed by atoms with Gasteiger partial charge in [-0.15, -0.1) is 22.7 Å². The number of benzene rings is 3. The summed E-state index contributed by atoms with van der Waals surface area (Å²) < 4.78 is 69.7. The standard InChI is InChI=1S/C28H28N2O6S4/c1-15(2)5-6-17-7-8-18(11-25(17)39(31,32)33)27-29-21-13-24-22(14-23(21)37-27)30-28(38-24)19-9-10-20(16(3)4)26(12-19)40(34,35)36/h7-16H,5-6H2,1-4H3,(H,31,32,33)(H,34,35,36). The molecule has 0 aliphatic rings. The second-order valence-electron chi connectivity index (χ2n) is 10.4. The number of aryl methyl sites for hydroxylation is 1. The molecule has 5 rings (SSSR count). The van der Waals surface area contributed by atoms with Crippen LogP contribution in [0.25, 0.3) is 41.6 Å². The van der Waals surface area contributed by atoms with Gasteiger partial charge in [-0.2, -0.15) is 16.8 Å². The second kappa shape index (κ2) is 10.6. The first-order chi connectivity index (χ1) is 18.7. The summed E-state index contributed by atoms with van der Waals surface area (Å²) in [5.41, 5.74) is 3.74. The van der Waals surface area contributed by atoms with E-state index in [0.717, 1.165) is 15.8 Å². The van der Waals surface area contributed by atoms with Crippen LogP contribution in [-0.2, 0) is 26.7 Å². The van der Waals surface area contributed by atoms with Crippen LogP contribution in [-0.4, -0.2) is 35.9 Å². The van der Waals surface area contributed by atoms with Crippen molar-refractivity contribution in [1.82, 2.24) is 9.97 Å². The van der Waals surface area contributed by atoms with Gasteiger partial charge >= 0.3 is 0 Å². The summed E-state index contributed by atoms with van der Waals surface area (Å²) >= 11 is 2.77. The highest BCUT2D eigenvalue weighted by atomic mass is 32.2. The van der Waals surface area contributed by atoms with Gasteiger partial charge in [0.2, 0.25) is 0 Å². The van der Waals surface area contributed by atoms with E-state index in [1.807, 2.05) is 32.0 Å². The summed E-state index contributed by atoms with van der Waals surface area (Å²) in [5.74, 6) is 0.309. The van der Waals surface area contributed by atoms with Crippen LogP contribution in [0.3, 0.4) is 0 Å². The third-order valence-electron chi connectivity index (χ3n) is 6.64. The molecule has 0 radical (unpaired) electrons. The summed E-state index contributed by atoms with van der Waals surface area (Å²) in [6.45, 7) is 7.84. The molecular weight excluding hydrogens is 589 g/mol. The average Bonchev–Trinajstić information content (AvgIpc) is 3.47. The van der Waals surface area contributed by atoms with Crippen LogP contribution in [0.15, 0.2) is 58.3 Å². The monoisotopic (exact) mass is 616 g/mol. The van der Waals surface area contributed by atoms with Gasteiger partial charge in [0.25, 0.3) is 20.2 Å². The molecular formula is C28H28N2O6S4. The molecule has 0 amide bonds. The molecule has 12 heteroatoms. The van der Waals surface area contributed by atoms with Gasteiger partial charge in [0.15, 0.2) is 0 Å². The molecule has 0 saturated carbocycles. The molecule has 0 saturated heterocycles. The predicted molar refractivity (Wildman–Crippen MR) is 161 cm³/mol. The minimum Gasteiger partial charge on any atom is -0.282 e. The van der Waals surface area contributed by atoms with Crippen LogP contribution >= 0.6 is 22.7 Å². The van der Waals surface area contributed by atoms with Crippen molar-refractivity contribution in [2.24, 2.45) is 5.92 Å². The summed E-state index contributed by atoms with van der Waals surface area (Å²) in [6, 6.07) is 13.8. The van der Waals surface area contributed by atoms with Crippen molar-refractivity contribution in [2.45, 2.75) is 56.2 Å². The molecule has 0 aliphatic heterocycles. The normalized spacial score (nSPS) is 12.8. The highest BCUT2D eigenvalue weighted by Gasteiger charge is 2.21. The van der Waals surface area contributed by atoms with Gasteiger partial charge in [0, 0.05) is 11.1 Å². The fourth-order valence-corrected chi connectivity index (χ4v) is 8.15. The predicted octanol–water partition coefficient (Wildman–Crippen LogP) is 7.45. The van der Waals surface area contributed by atoms with Crippen LogP contribution in [0.1, 0.15) is 51.2 Å². The minimum atomic E-state index is -4.40. The van der Waals surface area contributed by atoms with E-state index in [9.17, 15) is 25.9 Å². The van der Waals surface area contributed by atoms with Crippen LogP contribution in [0.4, 0.5) is 0 Å². The van der Waals surface area contributed by atoms with Gasteiger partial charge in [-0.25, -0.2) is 9.97 Å². The summed E-state index contributed by atoms with van der Waals surface area (Å²) in [5, 5.41) is 1.23. The zero-order chi connectivity index (χ0) is 29.0. The maximum atomic E-state index is 12.1. The number of rotatable bonds is 8. The van der Waals surface area contributed by atoms with Crippen LogP contribution < -0.4 is 0 Å². The number of fused-ring (bicyclic) bond motifs is 2. The van der Waals surface area contributed by atoms with Crippen molar-refractivity contribution in [1.29, 1.82) is 0 Å². The number of hydrogen-bond acceptors (Lipinski definition) is 8. The molecule has 0 unspecified atom stereocenters. The van der Waals surface area contributed by atoms with Gasteiger partial charge in [-0.05, 0) is 60.1 Å². The lowest BCUT2D eigenvalue weighted by atomic mass is 10.0. The summed E-state index contributed by atoms with van der Waals surface area (Å²) in [6.07, 6.45) is 1.34. The van der Waals surface area contributed by atoms with Crippen molar-refractivity contribution in [3.63, 3.8) is 0 Å². The molecule has 40 heavy (non-hydrogen) atoms. The summed E-state index contributed by atoms with van der Waals surface area (Å²) in [7, 11) is -8.80. The molecule has 2 heterocycles. The molecule has 3 aromatic carbocycles. The number of hydrogen-bond donors (Lipinski definition) is 2. The highest BCUT2D eigenvalue weighted by Crippen LogP contribution is 2.38. The Kier molecular flexibility index (Phi) is 7.62. The minimum absolute atomic E-state index is 0.0850. The second-order valence-corrected chi connectivity index (χ2v) is 15.3. The molecule has 210 valence electrons. The summed E-state index contributed by atoms with van der Waals surface area (Å²) in [4.78, 5) is 9.23. The topological polar surface area (TPSA) is 135 Å². The Morgan fingerprint density at radius 1 is 0.725 bits per heavy atom. The quantitative estimate of drug-likeness (QED) is 0.172. The molecule has 8 nitrogen and oxygen atoms in total. The van der Waals surface area contributed by atoms with Crippen LogP contribution in [0.2, 0.25) is 0 Å². The van der Waals surface area contributed by atoms with Crippen molar-refractivity contribution in [3.05, 3.63) is 59.7 Å². The molecule has 0 bridgehead atoms. The first-order valence-corrected chi connectivity index (χ1v) is 17.2. The van der Waals surface area contributed by atoms with E-state index in [-0.39, 0.29) is 15.7 Å². The molecule has 5 aromatic rings. The van der Waals surface area contributed by atoms with Gasteiger partial charge in [-0.1, -0.05) is 52.0 Å². The third kappa shape index (κ3) is 5.83. The first-order valence-electron chi connectivity index (χ1n) is 12.6. The molecule has 0 aliphatic carbocycles. The lowest BCUT2D eigenvalue weighted by Gasteiger charge is -2.11. The Morgan fingerprint density at radius 2 is 1.23 bits per heavy atom. The van der Waals surface area contributed by atoms with Gasteiger partial charge in [0.1, 0.15) is 10.0 Å². The number of nitrogens with zero attached hydrogens (tertiary/aromatic N) is 2. The maximum Gasteiger partial charge on any atom is 0.294 e. The fourth-order valence-electron chi connectivity index (χ4n) is 4.54. The molecule has 2 N–H and O–H groups in total. The van der Waals surface area contributed by atoms with Gasteiger partial charge in [0.05, 0.1) is 30.2 Å². The molecule has 2 aromatic heterocycles. The van der Waals surface area contributed by atoms with Crippen molar-refractivity contribution >= 4 is 63.3 Å². The van der Waals surface area contributed by atoms with Crippen LogP contribution in [0, 0.1) is 5.92 Å². The Hall–Kier alpha value is -2.74. The zero-order valence-electron chi connectivity index (χ0n) is 22.2. The van der Waals surface area contributed by atoms with Crippen molar-refractivity contribution in [2.75, 3.05) is 0 Å².